The molecule has 2 aliphatic rings. The smallest absolute Gasteiger partial charge is 0.313 e. The van der Waals surface area contributed by atoms with Crippen LogP contribution in [0.1, 0.15) is 75.8 Å². The molecule has 0 amide bonds. The summed E-state index contributed by atoms with van der Waals surface area (Å²) >= 11 is 0. The molecule has 1 saturated carbocycles. The minimum absolute atomic E-state index is 0.0337. The van der Waals surface area contributed by atoms with Crippen LogP contribution in [-0.4, -0.2) is 46.4 Å². The third-order valence-corrected chi connectivity index (χ3v) is 6.45. The number of carbonyl (C=O) groups excluding carboxylic acids is 2. The number of rotatable bonds is 8. The molecular weight excluding hydrogens is 406 g/mol. The molecule has 9 heteroatoms. The second-order valence-electron chi connectivity index (χ2n) is 8.78. The fraction of sp³-hybridized carbons (Fsp3) is 0.636. The standard InChI is InChI=1S/C22H29NO8/c1-14(20(25)29-10-4-5-11-30-23(27)28)15-6-7-17-18-13-16(24)8-9-22(18,26)21(2,3)31-19(17)12-15/h6-7,12,14,18,26H,4-5,8-11,13H2,1-3H3/t14?,18-,22-/m1/s1. The maximum absolute atomic E-state index is 12.4. The summed E-state index contributed by atoms with van der Waals surface area (Å²) in [6.07, 6.45) is 1.84. The lowest BCUT2D eigenvalue weighted by molar-refractivity contribution is -0.757. The number of benzene rings is 1. The minimum atomic E-state index is -1.13. The zero-order chi connectivity index (χ0) is 22.8. The Bertz CT molecular complexity index is 867. The number of esters is 1. The molecule has 31 heavy (non-hydrogen) atoms. The molecule has 3 rings (SSSR count). The Balaban J connectivity index is 1.68. The van der Waals surface area contributed by atoms with Crippen molar-refractivity contribution in [2.24, 2.45) is 0 Å². The predicted molar refractivity (Wildman–Crippen MR) is 109 cm³/mol. The maximum Gasteiger partial charge on any atom is 0.313 e. The van der Waals surface area contributed by atoms with E-state index in [-0.39, 0.29) is 31.3 Å². The van der Waals surface area contributed by atoms with Crippen molar-refractivity contribution in [3.63, 3.8) is 0 Å². The number of ketones is 1. The van der Waals surface area contributed by atoms with Crippen molar-refractivity contribution in [1.82, 2.24) is 0 Å². The van der Waals surface area contributed by atoms with Crippen molar-refractivity contribution < 1.29 is 34.1 Å². The van der Waals surface area contributed by atoms with E-state index in [0.29, 0.717) is 37.0 Å². The highest BCUT2D eigenvalue weighted by Gasteiger charge is 2.57. The summed E-state index contributed by atoms with van der Waals surface area (Å²) < 4.78 is 11.4. The van der Waals surface area contributed by atoms with Crippen molar-refractivity contribution in [2.45, 2.75) is 75.9 Å². The van der Waals surface area contributed by atoms with Crippen LogP contribution in [0, 0.1) is 10.1 Å². The van der Waals surface area contributed by atoms with E-state index in [4.69, 9.17) is 9.47 Å². The van der Waals surface area contributed by atoms with Gasteiger partial charge in [-0.25, -0.2) is 0 Å². The van der Waals surface area contributed by atoms with Crippen LogP contribution in [0.4, 0.5) is 0 Å². The third-order valence-electron chi connectivity index (χ3n) is 6.45. The average molecular weight is 435 g/mol. The molecule has 0 bridgehead atoms. The van der Waals surface area contributed by atoms with Gasteiger partial charge in [-0.15, -0.1) is 10.1 Å². The average Bonchev–Trinajstić information content (AvgIpc) is 2.70. The number of aliphatic hydroxyl groups is 1. The summed E-state index contributed by atoms with van der Waals surface area (Å²) in [5.74, 6) is -0.591. The molecule has 1 heterocycles. The largest absolute Gasteiger partial charge is 0.485 e. The van der Waals surface area contributed by atoms with E-state index < -0.39 is 28.2 Å². The van der Waals surface area contributed by atoms with Gasteiger partial charge in [-0.2, -0.15) is 0 Å². The second-order valence-corrected chi connectivity index (χ2v) is 8.78. The summed E-state index contributed by atoms with van der Waals surface area (Å²) in [6, 6.07) is 5.41. The first-order valence-electron chi connectivity index (χ1n) is 10.6. The normalized spacial score (nSPS) is 24.9. The van der Waals surface area contributed by atoms with Gasteiger partial charge in [0.05, 0.1) is 19.1 Å². The zero-order valence-corrected chi connectivity index (χ0v) is 18.1. The van der Waals surface area contributed by atoms with Gasteiger partial charge in [-0.05, 0) is 51.7 Å². The van der Waals surface area contributed by atoms with Crippen molar-refractivity contribution in [3.05, 3.63) is 39.4 Å². The lowest BCUT2D eigenvalue weighted by Gasteiger charge is -2.53. The monoisotopic (exact) mass is 435 g/mol. The second kappa shape index (κ2) is 8.82. The van der Waals surface area contributed by atoms with Gasteiger partial charge in [-0.3, -0.25) is 9.59 Å². The molecule has 1 aliphatic heterocycles. The van der Waals surface area contributed by atoms with E-state index in [1.54, 1.807) is 19.1 Å². The van der Waals surface area contributed by atoms with Gasteiger partial charge in [0.1, 0.15) is 22.7 Å². The highest BCUT2D eigenvalue weighted by molar-refractivity contribution is 5.81. The van der Waals surface area contributed by atoms with Gasteiger partial charge in [0.2, 0.25) is 0 Å². The van der Waals surface area contributed by atoms with Crippen molar-refractivity contribution in [3.8, 4) is 5.75 Å². The molecule has 0 spiro atoms. The molecule has 1 aromatic carbocycles. The molecule has 1 N–H and O–H groups in total. The van der Waals surface area contributed by atoms with Crippen LogP contribution in [0.15, 0.2) is 18.2 Å². The molecule has 0 radical (unpaired) electrons. The molecule has 0 saturated heterocycles. The van der Waals surface area contributed by atoms with Gasteiger partial charge < -0.3 is 19.4 Å². The minimum Gasteiger partial charge on any atom is -0.485 e. The summed E-state index contributed by atoms with van der Waals surface area (Å²) in [5.41, 5.74) is -0.507. The predicted octanol–water partition coefficient (Wildman–Crippen LogP) is 3.06. The van der Waals surface area contributed by atoms with Gasteiger partial charge in [0.15, 0.2) is 0 Å². The van der Waals surface area contributed by atoms with Gasteiger partial charge in [0, 0.05) is 24.3 Å². The Hall–Kier alpha value is -2.68. The number of carbonyl (C=O) groups is 2. The van der Waals surface area contributed by atoms with Gasteiger partial charge in [0.25, 0.3) is 5.09 Å². The Kier molecular flexibility index (Phi) is 6.54. The number of ether oxygens (including phenoxy) is 2. The highest BCUT2D eigenvalue weighted by Crippen LogP contribution is 2.53. The van der Waals surface area contributed by atoms with Crippen LogP contribution < -0.4 is 4.74 Å². The van der Waals surface area contributed by atoms with Crippen molar-refractivity contribution in [1.29, 1.82) is 0 Å². The number of hydrogen-bond donors (Lipinski definition) is 1. The Morgan fingerprint density at radius 1 is 1.35 bits per heavy atom. The third kappa shape index (κ3) is 4.66. The van der Waals surface area contributed by atoms with E-state index in [1.165, 1.54) is 0 Å². The number of unbranched alkanes of at least 4 members (excludes halogenated alkanes) is 1. The van der Waals surface area contributed by atoms with Gasteiger partial charge >= 0.3 is 5.97 Å². The lowest BCUT2D eigenvalue weighted by Crippen LogP contribution is -2.62. The highest BCUT2D eigenvalue weighted by atomic mass is 16.9. The van der Waals surface area contributed by atoms with Crippen LogP contribution in [-0.2, 0) is 19.2 Å². The van der Waals surface area contributed by atoms with E-state index in [9.17, 15) is 24.8 Å². The zero-order valence-electron chi connectivity index (χ0n) is 18.1. The molecule has 1 fully saturated rings. The first-order valence-corrected chi connectivity index (χ1v) is 10.6. The van der Waals surface area contributed by atoms with E-state index in [1.807, 2.05) is 19.9 Å². The number of Topliss-reactive ketones (excluding diaryl/α,β-unsaturated/α-hetero) is 1. The van der Waals surface area contributed by atoms with Crippen molar-refractivity contribution in [2.75, 3.05) is 13.2 Å². The molecule has 1 aliphatic carbocycles. The SMILES string of the molecule is CC(C(=O)OCCCCO[N+](=O)[O-])c1ccc2c(c1)OC(C)(C)[C@@]1(O)CCC(=O)C[C@H]21. The fourth-order valence-electron chi connectivity index (χ4n) is 4.43. The first kappa shape index (κ1) is 23.0. The molecule has 1 aromatic rings. The Morgan fingerprint density at radius 3 is 2.77 bits per heavy atom. The fourth-order valence-corrected chi connectivity index (χ4v) is 4.43. The van der Waals surface area contributed by atoms with Crippen molar-refractivity contribution >= 4 is 11.8 Å². The summed E-state index contributed by atoms with van der Waals surface area (Å²) in [5, 5.41) is 20.6. The van der Waals surface area contributed by atoms with Crippen LogP contribution >= 0.6 is 0 Å². The van der Waals surface area contributed by atoms with Crippen LogP contribution in [0.25, 0.3) is 0 Å². The summed E-state index contributed by atoms with van der Waals surface area (Å²) in [6.45, 7) is 5.50. The molecule has 1 unspecified atom stereocenters. The van der Waals surface area contributed by atoms with Crippen LogP contribution in [0.2, 0.25) is 0 Å². The molecule has 0 aromatic heterocycles. The molecule has 170 valence electrons. The van der Waals surface area contributed by atoms with E-state index >= 15 is 0 Å². The summed E-state index contributed by atoms with van der Waals surface area (Å²) in [4.78, 5) is 38.8. The number of fused-ring (bicyclic) bond motifs is 3. The molecule has 3 atom stereocenters. The summed E-state index contributed by atoms with van der Waals surface area (Å²) in [7, 11) is 0. The van der Waals surface area contributed by atoms with Crippen LogP contribution in [0.5, 0.6) is 5.75 Å². The molecule has 9 nitrogen and oxygen atoms in total. The van der Waals surface area contributed by atoms with E-state index in [0.717, 1.165) is 5.56 Å². The quantitative estimate of drug-likeness (QED) is 0.286. The number of hydrogen-bond acceptors (Lipinski definition) is 8. The maximum atomic E-state index is 12.4. The van der Waals surface area contributed by atoms with Crippen LogP contribution in [0.3, 0.4) is 0 Å². The Morgan fingerprint density at radius 2 is 2.06 bits per heavy atom. The first-order chi connectivity index (χ1) is 14.5. The lowest BCUT2D eigenvalue weighted by atomic mass is 9.63. The molecular formula is C22H29NO8. The van der Waals surface area contributed by atoms with Gasteiger partial charge in [-0.1, -0.05) is 12.1 Å². The number of nitrogens with zero attached hydrogens (tertiary/aromatic N) is 1. The Labute approximate surface area is 180 Å². The van der Waals surface area contributed by atoms with E-state index in [2.05, 4.69) is 4.84 Å². The topological polar surface area (TPSA) is 125 Å².